The maximum absolute atomic E-state index is 9.18. The Morgan fingerprint density at radius 1 is 1.28 bits per heavy atom. The lowest BCUT2D eigenvalue weighted by Gasteiger charge is -2.08. The average Bonchev–Trinajstić information content (AvgIpc) is 2.38. The Morgan fingerprint density at radius 3 is 2.78 bits per heavy atom. The highest BCUT2D eigenvalue weighted by Crippen LogP contribution is 2.23. The molecular weight excluding hydrogens is 252 g/mol. The fourth-order valence-electron chi connectivity index (χ4n) is 1.51. The van der Waals surface area contributed by atoms with Crippen molar-refractivity contribution in [3.8, 4) is 11.6 Å². The van der Waals surface area contributed by atoms with Crippen molar-refractivity contribution in [3.05, 3.63) is 46.9 Å². The minimum absolute atomic E-state index is 0.0420. The highest BCUT2D eigenvalue weighted by atomic mass is 35.5. The fraction of sp³-hybridized carbons (Fsp3) is 0.231. The van der Waals surface area contributed by atoms with E-state index < -0.39 is 0 Å². The standard InChI is InChI=1S/C13H13ClN2O2/c1-2-11-3-9(8-17)4-13(16-11)18-12-5-10(14)6-15-7-12/h3-7,17H,2,8H2,1H3. The summed E-state index contributed by atoms with van der Waals surface area (Å²) in [7, 11) is 0. The summed E-state index contributed by atoms with van der Waals surface area (Å²) in [6, 6.07) is 5.20. The Bertz CT molecular complexity index is 524. The summed E-state index contributed by atoms with van der Waals surface area (Å²) in [5, 5.41) is 9.68. The summed E-state index contributed by atoms with van der Waals surface area (Å²) < 4.78 is 5.57. The van der Waals surface area contributed by atoms with Gasteiger partial charge in [-0.05, 0) is 18.1 Å². The largest absolute Gasteiger partial charge is 0.437 e. The van der Waals surface area contributed by atoms with Gasteiger partial charge in [0.15, 0.2) is 0 Å². The van der Waals surface area contributed by atoms with E-state index in [-0.39, 0.29) is 6.61 Å². The number of aliphatic hydroxyl groups is 1. The number of aryl methyl sites for hydroxylation is 1. The van der Waals surface area contributed by atoms with Gasteiger partial charge in [0.25, 0.3) is 0 Å². The molecule has 0 atom stereocenters. The van der Waals surface area contributed by atoms with E-state index >= 15 is 0 Å². The quantitative estimate of drug-likeness (QED) is 0.922. The molecule has 0 spiro atoms. The van der Waals surface area contributed by atoms with E-state index in [0.29, 0.717) is 16.7 Å². The van der Waals surface area contributed by atoms with Gasteiger partial charge in [-0.1, -0.05) is 18.5 Å². The van der Waals surface area contributed by atoms with Gasteiger partial charge >= 0.3 is 0 Å². The van der Waals surface area contributed by atoms with Gasteiger partial charge in [0.05, 0.1) is 17.8 Å². The third-order valence-electron chi connectivity index (χ3n) is 2.36. The number of hydrogen-bond acceptors (Lipinski definition) is 4. The predicted octanol–water partition coefficient (Wildman–Crippen LogP) is 2.98. The lowest BCUT2D eigenvalue weighted by molar-refractivity contribution is 0.281. The first-order chi connectivity index (χ1) is 8.71. The van der Waals surface area contributed by atoms with Gasteiger partial charge in [-0.3, -0.25) is 4.98 Å². The Hall–Kier alpha value is -1.65. The minimum atomic E-state index is -0.0420. The highest BCUT2D eigenvalue weighted by Gasteiger charge is 2.04. The van der Waals surface area contributed by atoms with Gasteiger partial charge in [-0.25, -0.2) is 4.98 Å². The molecule has 18 heavy (non-hydrogen) atoms. The Morgan fingerprint density at radius 2 is 2.11 bits per heavy atom. The third-order valence-corrected chi connectivity index (χ3v) is 2.57. The van der Waals surface area contributed by atoms with Crippen LogP contribution in [0.1, 0.15) is 18.2 Å². The molecule has 0 fully saturated rings. The molecule has 1 N–H and O–H groups in total. The van der Waals surface area contributed by atoms with E-state index in [2.05, 4.69) is 9.97 Å². The van der Waals surface area contributed by atoms with Crippen LogP contribution in [0.5, 0.6) is 11.6 Å². The number of nitrogens with zero attached hydrogens (tertiary/aromatic N) is 2. The van der Waals surface area contributed by atoms with Crippen molar-refractivity contribution in [2.24, 2.45) is 0 Å². The molecule has 0 saturated heterocycles. The van der Waals surface area contributed by atoms with E-state index in [1.54, 1.807) is 18.3 Å². The van der Waals surface area contributed by atoms with Gasteiger partial charge < -0.3 is 9.84 Å². The van der Waals surface area contributed by atoms with Crippen molar-refractivity contribution in [1.29, 1.82) is 0 Å². The molecule has 0 aliphatic carbocycles. The van der Waals surface area contributed by atoms with E-state index in [9.17, 15) is 5.11 Å². The van der Waals surface area contributed by atoms with Crippen LogP contribution in [0.25, 0.3) is 0 Å². The van der Waals surface area contributed by atoms with Gasteiger partial charge in [0.2, 0.25) is 5.88 Å². The molecule has 0 unspecified atom stereocenters. The smallest absolute Gasteiger partial charge is 0.219 e. The maximum Gasteiger partial charge on any atom is 0.219 e. The van der Waals surface area contributed by atoms with Gasteiger partial charge in [0, 0.05) is 24.0 Å². The molecule has 0 saturated carbocycles. The van der Waals surface area contributed by atoms with Gasteiger partial charge in [-0.15, -0.1) is 0 Å². The van der Waals surface area contributed by atoms with E-state index in [4.69, 9.17) is 16.3 Å². The van der Waals surface area contributed by atoms with E-state index in [1.807, 2.05) is 13.0 Å². The van der Waals surface area contributed by atoms with Crippen molar-refractivity contribution < 1.29 is 9.84 Å². The summed E-state index contributed by atoms with van der Waals surface area (Å²) in [6.07, 6.45) is 3.87. The first-order valence-corrected chi connectivity index (χ1v) is 5.98. The zero-order chi connectivity index (χ0) is 13.0. The summed E-state index contributed by atoms with van der Waals surface area (Å²) in [4.78, 5) is 8.25. The molecule has 0 aliphatic heterocycles. The van der Waals surface area contributed by atoms with Crippen LogP contribution in [0.3, 0.4) is 0 Å². The average molecular weight is 265 g/mol. The molecule has 2 aromatic heterocycles. The zero-order valence-electron chi connectivity index (χ0n) is 9.93. The van der Waals surface area contributed by atoms with Crippen molar-refractivity contribution in [2.75, 3.05) is 0 Å². The molecule has 94 valence electrons. The number of rotatable bonds is 4. The van der Waals surface area contributed by atoms with Crippen molar-refractivity contribution >= 4 is 11.6 Å². The Balaban J connectivity index is 2.28. The van der Waals surface area contributed by atoms with Gasteiger partial charge in [-0.2, -0.15) is 0 Å². The summed E-state index contributed by atoms with van der Waals surface area (Å²) in [5.74, 6) is 0.953. The van der Waals surface area contributed by atoms with Crippen molar-refractivity contribution in [1.82, 2.24) is 9.97 Å². The molecule has 0 bridgehead atoms. The SMILES string of the molecule is CCc1cc(CO)cc(Oc2cncc(Cl)c2)n1. The molecule has 2 heterocycles. The molecule has 2 aromatic rings. The number of aromatic nitrogens is 2. The number of halogens is 1. The minimum Gasteiger partial charge on any atom is -0.437 e. The summed E-state index contributed by atoms with van der Waals surface area (Å²) in [5.41, 5.74) is 1.64. The molecule has 0 aliphatic rings. The summed E-state index contributed by atoms with van der Waals surface area (Å²) in [6.45, 7) is 1.95. The monoisotopic (exact) mass is 264 g/mol. The third kappa shape index (κ3) is 3.18. The lowest BCUT2D eigenvalue weighted by Crippen LogP contribution is -1.96. The van der Waals surface area contributed by atoms with Crippen molar-refractivity contribution in [3.63, 3.8) is 0 Å². The first kappa shape index (κ1) is 12.8. The van der Waals surface area contributed by atoms with Crippen LogP contribution < -0.4 is 4.74 Å². The highest BCUT2D eigenvalue weighted by molar-refractivity contribution is 6.30. The van der Waals surface area contributed by atoms with Crippen molar-refractivity contribution in [2.45, 2.75) is 20.0 Å². The molecule has 0 aromatic carbocycles. The molecule has 0 amide bonds. The van der Waals surface area contributed by atoms with Gasteiger partial charge in [0.1, 0.15) is 5.75 Å². The first-order valence-electron chi connectivity index (χ1n) is 5.60. The normalized spacial score (nSPS) is 10.4. The fourth-order valence-corrected chi connectivity index (χ4v) is 1.68. The Kier molecular flexibility index (Phi) is 4.12. The predicted molar refractivity (Wildman–Crippen MR) is 68.9 cm³/mol. The lowest BCUT2D eigenvalue weighted by atomic mass is 10.2. The van der Waals surface area contributed by atoms with Crippen LogP contribution >= 0.6 is 11.6 Å². The second kappa shape index (κ2) is 5.80. The topological polar surface area (TPSA) is 55.2 Å². The number of pyridine rings is 2. The van der Waals surface area contributed by atoms with Crippen LogP contribution in [-0.4, -0.2) is 15.1 Å². The molecule has 2 rings (SSSR count). The maximum atomic E-state index is 9.18. The second-order valence-corrected chi connectivity index (χ2v) is 4.19. The van der Waals surface area contributed by atoms with E-state index in [1.165, 1.54) is 6.20 Å². The van der Waals surface area contributed by atoms with Crippen LogP contribution in [-0.2, 0) is 13.0 Å². The molecule has 4 nitrogen and oxygen atoms in total. The zero-order valence-corrected chi connectivity index (χ0v) is 10.7. The van der Waals surface area contributed by atoms with Crippen LogP contribution in [0, 0.1) is 0 Å². The molecular formula is C13H13ClN2O2. The molecule has 5 heteroatoms. The number of aliphatic hydroxyl groups excluding tert-OH is 1. The van der Waals surface area contributed by atoms with Crippen LogP contribution in [0.2, 0.25) is 5.02 Å². The van der Waals surface area contributed by atoms with Crippen LogP contribution in [0.4, 0.5) is 0 Å². The molecule has 0 radical (unpaired) electrons. The number of hydrogen-bond donors (Lipinski definition) is 1. The number of ether oxygens (including phenoxy) is 1. The second-order valence-electron chi connectivity index (χ2n) is 3.76. The van der Waals surface area contributed by atoms with E-state index in [0.717, 1.165) is 17.7 Å². The Labute approximate surface area is 110 Å². The van der Waals surface area contributed by atoms with Crippen LogP contribution in [0.15, 0.2) is 30.6 Å². The summed E-state index contributed by atoms with van der Waals surface area (Å²) >= 11 is 5.83.